The monoisotopic (exact) mass is 337 g/mol. The molecule has 1 aromatic heterocycles. The van der Waals surface area contributed by atoms with E-state index in [1.165, 1.54) is 0 Å². The highest BCUT2D eigenvalue weighted by molar-refractivity contribution is 6.35. The van der Waals surface area contributed by atoms with Crippen LogP contribution in [-0.2, 0) is 25.6 Å². The number of aromatic nitrogens is 1. The van der Waals surface area contributed by atoms with Gasteiger partial charge in [0.2, 0.25) is 0 Å². The van der Waals surface area contributed by atoms with Crippen molar-refractivity contribution in [1.82, 2.24) is 4.57 Å². The van der Waals surface area contributed by atoms with Gasteiger partial charge < -0.3 is 14.0 Å². The van der Waals surface area contributed by atoms with Crippen molar-refractivity contribution >= 4 is 34.9 Å². The van der Waals surface area contributed by atoms with Crippen LogP contribution < -0.4 is 0 Å². The normalized spacial score (nSPS) is 12.1. The molecule has 0 spiro atoms. The van der Waals surface area contributed by atoms with Crippen LogP contribution in [0.15, 0.2) is 24.4 Å². The summed E-state index contributed by atoms with van der Waals surface area (Å²) in [6, 6.07) is 5.65. The maximum atomic E-state index is 11.4. The zero-order valence-electron chi connectivity index (χ0n) is 13.3. The van der Waals surface area contributed by atoms with Gasteiger partial charge in [-0.05, 0) is 32.4 Å². The fraction of sp³-hybridized carbons (Fsp3) is 0.412. The lowest BCUT2D eigenvalue weighted by molar-refractivity contribution is -0.143. The Morgan fingerprint density at radius 1 is 1.43 bits per heavy atom. The molecule has 0 aliphatic heterocycles. The lowest BCUT2D eigenvalue weighted by atomic mass is 10.1. The van der Waals surface area contributed by atoms with Crippen LogP contribution in [0, 0.1) is 0 Å². The molecule has 2 rings (SSSR count). The number of hydrogen-bond acceptors (Lipinski definition) is 4. The molecule has 5 nitrogen and oxygen atoms in total. The Labute approximate surface area is 140 Å². The second-order valence-electron chi connectivity index (χ2n) is 5.19. The van der Waals surface area contributed by atoms with Gasteiger partial charge in [-0.1, -0.05) is 17.7 Å². The van der Waals surface area contributed by atoms with E-state index in [1.54, 1.807) is 13.8 Å². The Morgan fingerprint density at radius 3 is 2.91 bits per heavy atom. The first-order valence-corrected chi connectivity index (χ1v) is 7.98. The van der Waals surface area contributed by atoms with Gasteiger partial charge >= 0.3 is 5.97 Å². The van der Waals surface area contributed by atoms with Gasteiger partial charge in [0.05, 0.1) is 11.6 Å². The van der Waals surface area contributed by atoms with Gasteiger partial charge in [0.15, 0.2) is 0 Å². The first kappa shape index (κ1) is 17.3. The van der Waals surface area contributed by atoms with Crippen molar-refractivity contribution < 1.29 is 19.1 Å². The van der Waals surface area contributed by atoms with Gasteiger partial charge in [-0.2, -0.15) is 0 Å². The first-order valence-electron chi connectivity index (χ1n) is 7.60. The summed E-state index contributed by atoms with van der Waals surface area (Å²) in [5.41, 5.74) is 1.81. The van der Waals surface area contributed by atoms with E-state index < -0.39 is 0 Å². The van der Waals surface area contributed by atoms with Gasteiger partial charge in [-0.15, -0.1) is 0 Å². The summed E-state index contributed by atoms with van der Waals surface area (Å²) in [5, 5.41) is 1.49. The number of esters is 1. The Hall–Kier alpha value is -2.01. The Balaban J connectivity index is 2.24. The number of aryl methyl sites for hydroxylation is 1. The van der Waals surface area contributed by atoms with Crippen molar-refractivity contribution in [3.63, 3.8) is 0 Å². The summed E-state index contributed by atoms with van der Waals surface area (Å²) in [7, 11) is 0. The highest BCUT2D eigenvalue weighted by Crippen LogP contribution is 2.33. The topological polar surface area (TPSA) is 57.5 Å². The molecule has 0 saturated heterocycles. The molecule has 1 atom stereocenters. The lowest BCUT2D eigenvalue weighted by Crippen LogP contribution is -2.06. The van der Waals surface area contributed by atoms with Gasteiger partial charge in [0.1, 0.15) is 6.10 Å². The number of nitrogens with zero attached hydrogens (tertiary/aromatic N) is 1. The average Bonchev–Trinajstić information content (AvgIpc) is 2.88. The summed E-state index contributed by atoms with van der Waals surface area (Å²) in [5.74, 6) is -0.195. The number of carbonyl (C=O) groups excluding carboxylic acids is 2. The SMILES string of the molecule is CCOC(=O)CCCn1cc(C(C)OC=O)c2c(Cl)cccc21. The minimum absolute atomic E-state index is 0.195. The van der Waals surface area contributed by atoms with Crippen LogP contribution in [0.1, 0.15) is 38.4 Å². The summed E-state index contributed by atoms with van der Waals surface area (Å²) in [6.45, 7) is 5.08. The van der Waals surface area contributed by atoms with Gasteiger partial charge in [-0.3, -0.25) is 9.59 Å². The molecule has 0 N–H and O–H groups in total. The number of benzene rings is 1. The number of fused-ring (bicyclic) bond motifs is 1. The summed E-state index contributed by atoms with van der Waals surface area (Å²) >= 11 is 6.31. The Bertz CT molecular complexity index is 695. The van der Waals surface area contributed by atoms with Crippen molar-refractivity contribution in [2.45, 2.75) is 39.3 Å². The molecule has 0 fully saturated rings. The number of hydrogen-bond donors (Lipinski definition) is 0. The molecule has 0 bridgehead atoms. The van der Waals surface area contributed by atoms with E-state index in [-0.39, 0.29) is 12.1 Å². The molecule has 0 saturated carbocycles. The van der Waals surface area contributed by atoms with E-state index in [9.17, 15) is 9.59 Å². The molecule has 2 aromatic rings. The number of carbonyl (C=O) groups is 2. The van der Waals surface area contributed by atoms with E-state index in [0.717, 1.165) is 16.5 Å². The predicted octanol–water partition coefficient (Wildman–Crippen LogP) is 3.87. The summed E-state index contributed by atoms with van der Waals surface area (Å²) < 4.78 is 12.0. The van der Waals surface area contributed by atoms with Crippen molar-refractivity contribution in [2.24, 2.45) is 0 Å². The highest BCUT2D eigenvalue weighted by Gasteiger charge is 2.17. The van der Waals surface area contributed by atoms with Crippen LogP contribution in [0.2, 0.25) is 5.02 Å². The standard InChI is InChI=1S/C17H20ClNO4/c1-3-22-16(21)8-5-9-19-10-13(12(2)23-11-20)17-14(18)6-4-7-15(17)19/h4,6-7,10-12H,3,5,8-9H2,1-2H3. The zero-order chi connectivity index (χ0) is 16.8. The molecule has 0 radical (unpaired) electrons. The van der Waals surface area contributed by atoms with Crippen LogP contribution in [0.5, 0.6) is 0 Å². The maximum absolute atomic E-state index is 11.4. The van der Waals surface area contributed by atoms with Gasteiger partial charge in [0.25, 0.3) is 6.47 Å². The zero-order valence-corrected chi connectivity index (χ0v) is 14.0. The fourth-order valence-electron chi connectivity index (χ4n) is 2.62. The van der Waals surface area contributed by atoms with Gasteiger partial charge in [-0.25, -0.2) is 0 Å². The fourth-order valence-corrected chi connectivity index (χ4v) is 2.90. The molecule has 124 valence electrons. The van der Waals surface area contributed by atoms with Crippen molar-refractivity contribution in [1.29, 1.82) is 0 Å². The Morgan fingerprint density at radius 2 is 2.22 bits per heavy atom. The molecule has 0 aliphatic carbocycles. The second kappa shape index (κ2) is 8.02. The van der Waals surface area contributed by atoms with E-state index in [0.29, 0.717) is 37.5 Å². The molecule has 1 heterocycles. The Kier molecular flexibility index (Phi) is 6.04. The molecule has 0 amide bonds. The second-order valence-corrected chi connectivity index (χ2v) is 5.60. The van der Waals surface area contributed by atoms with E-state index in [4.69, 9.17) is 21.1 Å². The van der Waals surface area contributed by atoms with Crippen LogP contribution in [-0.4, -0.2) is 23.6 Å². The maximum Gasteiger partial charge on any atom is 0.305 e. The number of ether oxygens (including phenoxy) is 2. The molecule has 1 aromatic carbocycles. The number of rotatable bonds is 8. The van der Waals surface area contributed by atoms with E-state index in [2.05, 4.69) is 0 Å². The summed E-state index contributed by atoms with van der Waals surface area (Å²) in [6.07, 6.45) is 2.57. The third-order valence-corrected chi connectivity index (χ3v) is 3.98. The van der Waals surface area contributed by atoms with Crippen LogP contribution in [0.3, 0.4) is 0 Å². The van der Waals surface area contributed by atoms with Crippen LogP contribution >= 0.6 is 11.6 Å². The molecule has 1 unspecified atom stereocenters. The predicted molar refractivity (Wildman–Crippen MR) is 88.4 cm³/mol. The largest absolute Gasteiger partial charge is 0.466 e. The van der Waals surface area contributed by atoms with E-state index >= 15 is 0 Å². The first-order chi connectivity index (χ1) is 11.1. The average molecular weight is 338 g/mol. The molecule has 0 aliphatic rings. The smallest absolute Gasteiger partial charge is 0.305 e. The highest BCUT2D eigenvalue weighted by atomic mass is 35.5. The third kappa shape index (κ3) is 4.05. The number of halogens is 1. The third-order valence-electron chi connectivity index (χ3n) is 3.67. The minimum atomic E-state index is -0.388. The van der Waals surface area contributed by atoms with Gasteiger partial charge in [0, 0.05) is 35.6 Å². The quantitative estimate of drug-likeness (QED) is 0.542. The van der Waals surface area contributed by atoms with Crippen LogP contribution in [0.25, 0.3) is 10.9 Å². The lowest BCUT2D eigenvalue weighted by Gasteiger charge is -2.08. The van der Waals surface area contributed by atoms with Crippen molar-refractivity contribution in [3.05, 3.63) is 35.0 Å². The minimum Gasteiger partial charge on any atom is -0.466 e. The summed E-state index contributed by atoms with van der Waals surface area (Å²) in [4.78, 5) is 22.0. The molecule has 23 heavy (non-hydrogen) atoms. The van der Waals surface area contributed by atoms with Crippen molar-refractivity contribution in [2.75, 3.05) is 6.61 Å². The molecular weight excluding hydrogens is 318 g/mol. The van der Waals surface area contributed by atoms with Crippen molar-refractivity contribution in [3.8, 4) is 0 Å². The van der Waals surface area contributed by atoms with E-state index in [1.807, 2.05) is 29.0 Å². The van der Waals surface area contributed by atoms with Crippen LogP contribution in [0.4, 0.5) is 0 Å². The molecule has 6 heteroatoms. The molecular formula is C17H20ClNO4.